The zero-order chi connectivity index (χ0) is 11.5. The third-order valence-corrected chi connectivity index (χ3v) is 2.99. The molecule has 1 fully saturated rings. The van der Waals surface area contributed by atoms with Crippen LogP contribution in [0.1, 0.15) is 5.69 Å². The van der Waals surface area contributed by atoms with Crippen LogP contribution in [0.5, 0.6) is 0 Å². The Morgan fingerprint density at radius 2 is 2.44 bits per heavy atom. The number of aromatic nitrogens is 2. The molecule has 5 nitrogen and oxygen atoms in total. The molecule has 1 aliphatic heterocycles. The summed E-state index contributed by atoms with van der Waals surface area (Å²) in [4.78, 5) is 2.26. The summed E-state index contributed by atoms with van der Waals surface area (Å²) in [5.74, 6) is 0. The van der Waals surface area contributed by atoms with Crippen molar-refractivity contribution < 1.29 is 4.74 Å². The Morgan fingerprint density at radius 3 is 3.06 bits per heavy atom. The maximum absolute atomic E-state index is 6.15. The first-order chi connectivity index (χ1) is 7.65. The van der Waals surface area contributed by atoms with Gasteiger partial charge in [0.15, 0.2) is 0 Å². The Balaban J connectivity index is 1.89. The number of morpholine rings is 1. The molecule has 90 valence electrons. The van der Waals surface area contributed by atoms with E-state index in [1.54, 1.807) is 4.68 Å². The molecule has 0 spiro atoms. The van der Waals surface area contributed by atoms with Crippen LogP contribution >= 0.6 is 0 Å². The lowest BCUT2D eigenvalue weighted by molar-refractivity contribution is -0.0320. The van der Waals surface area contributed by atoms with Crippen molar-refractivity contribution >= 4 is 0 Å². The summed E-state index contributed by atoms with van der Waals surface area (Å²) < 4.78 is 7.49. The Bertz CT molecular complexity index is 338. The first-order valence-electron chi connectivity index (χ1n) is 5.69. The summed E-state index contributed by atoms with van der Waals surface area (Å²) in [5.41, 5.74) is 7.19. The van der Waals surface area contributed by atoms with Gasteiger partial charge in [-0.15, -0.1) is 0 Å². The summed E-state index contributed by atoms with van der Waals surface area (Å²) in [5, 5.41) is 4.33. The highest BCUT2D eigenvalue weighted by atomic mass is 16.5. The number of hydrogen-bond donors (Lipinski definition) is 1. The van der Waals surface area contributed by atoms with E-state index in [4.69, 9.17) is 10.5 Å². The third-order valence-electron chi connectivity index (χ3n) is 2.99. The van der Waals surface area contributed by atoms with E-state index in [-0.39, 0.29) is 12.1 Å². The molecule has 2 atom stereocenters. The molecule has 0 bridgehead atoms. The van der Waals surface area contributed by atoms with E-state index in [0.717, 1.165) is 31.8 Å². The maximum atomic E-state index is 6.15. The van der Waals surface area contributed by atoms with E-state index in [1.807, 2.05) is 19.3 Å². The highest BCUT2D eigenvalue weighted by molar-refractivity contribution is 5.02. The molecule has 1 aliphatic rings. The summed E-state index contributed by atoms with van der Waals surface area (Å²) >= 11 is 0. The number of ether oxygens (including phenoxy) is 1. The van der Waals surface area contributed by atoms with Crippen molar-refractivity contribution in [2.24, 2.45) is 12.8 Å². The lowest BCUT2D eigenvalue weighted by atomic mass is 10.1. The maximum Gasteiger partial charge on any atom is 0.0856 e. The molecular weight excluding hydrogens is 204 g/mol. The average molecular weight is 224 g/mol. The molecule has 2 N–H and O–H groups in total. The normalized spacial score (nSPS) is 24.6. The van der Waals surface area contributed by atoms with E-state index in [2.05, 4.69) is 17.0 Å². The Hall–Kier alpha value is -0.910. The molecule has 16 heavy (non-hydrogen) atoms. The molecule has 0 aromatic carbocycles. The number of aryl methyl sites for hydroxylation is 1. The van der Waals surface area contributed by atoms with E-state index < -0.39 is 0 Å². The van der Waals surface area contributed by atoms with Gasteiger partial charge in [0.25, 0.3) is 0 Å². The van der Waals surface area contributed by atoms with E-state index in [1.165, 1.54) is 0 Å². The van der Waals surface area contributed by atoms with Crippen molar-refractivity contribution in [3.8, 4) is 0 Å². The van der Waals surface area contributed by atoms with E-state index in [0.29, 0.717) is 0 Å². The first kappa shape index (κ1) is 11.6. The van der Waals surface area contributed by atoms with Crippen LogP contribution in [0.3, 0.4) is 0 Å². The smallest absolute Gasteiger partial charge is 0.0856 e. The van der Waals surface area contributed by atoms with E-state index in [9.17, 15) is 0 Å². The molecule has 1 aromatic heterocycles. The van der Waals surface area contributed by atoms with Crippen molar-refractivity contribution in [1.82, 2.24) is 14.7 Å². The molecule has 1 aromatic rings. The summed E-state index contributed by atoms with van der Waals surface area (Å²) in [6.07, 6.45) is 2.84. The molecule has 2 heterocycles. The molecule has 5 heteroatoms. The van der Waals surface area contributed by atoms with Gasteiger partial charge in [0.05, 0.1) is 18.4 Å². The van der Waals surface area contributed by atoms with Crippen LogP contribution < -0.4 is 5.73 Å². The van der Waals surface area contributed by atoms with Crippen LogP contribution in [0.2, 0.25) is 0 Å². The summed E-state index contributed by atoms with van der Waals surface area (Å²) in [6.45, 7) is 2.68. The predicted octanol–water partition coefficient (Wildman–Crippen LogP) is -0.379. The fourth-order valence-electron chi connectivity index (χ4n) is 2.02. The molecule has 0 radical (unpaired) electrons. The Kier molecular flexibility index (Phi) is 3.58. The van der Waals surface area contributed by atoms with Gasteiger partial charge in [-0.1, -0.05) is 0 Å². The number of rotatable bonds is 3. The van der Waals surface area contributed by atoms with Crippen molar-refractivity contribution in [2.45, 2.75) is 18.6 Å². The topological polar surface area (TPSA) is 56.3 Å². The van der Waals surface area contributed by atoms with Gasteiger partial charge in [-0.05, 0) is 13.1 Å². The van der Waals surface area contributed by atoms with Gasteiger partial charge >= 0.3 is 0 Å². The first-order valence-corrected chi connectivity index (χ1v) is 5.69. The van der Waals surface area contributed by atoms with Gasteiger partial charge in [-0.25, -0.2) is 0 Å². The second-order valence-electron chi connectivity index (χ2n) is 4.52. The summed E-state index contributed by atoms with van der Waals surface area (Å²) in [6, 6.07) is 2.03. The van der Waals surface area contributed by atoms with Gasteiger partial charge in [0.1, 0.15) is 0 Å². The van der Waals surface area contributed by atoms with Gasteiger partial charge in [-0.3, -0.25) is 4.68 Å². The fraction of sp³-hybridized carbons (Fsp3) is 0.727. The SMILES string of the molecule is CN1CCOC(C(N)Cc2ccn(C)n2)C1. The molecule has 0 saturated carbocycles. The zero-order valence-electron chi connectivity index (χ0n) is 9.97. The standard InChI is InChI=1S/C11H20N4O/c1-14-5-6-16-11(8-14)10(12)7-9-3-4-15(2)13-9/h3-4,10-11H,5-8,12H2,1-2H3. The van der Waals surface area contributed by atoms with Gasteiger partial charge in [0, 0.05) is 38.8 Å². The number of likely N-dealkylation sites (N-methyl/N-ethyl adjacent to an activating group) is 1. The monoisotopic (exact) mass is 224 g/mol. The molecular formula is C11H20N4O. The summed E-state index contributed by atoms with van der Waals surface area (Å²) in [7, 11) is 4.02. The lowest BCUT2D eigenvalue weighted by Crippen LogP contribution is -2.50. The van der Waals surface area contributed by atoms with Crippen molar-refractivity contribution in [3.63, 3.8) is 0 Å². The van der Waals surface area contributed by atoms with Crippen molar-refractivity contribution in [2.75, 3.05) is 26.7 Å². The quantitative estimate of drug-likeness (QED) is 0.760. The van der Waals surface area contributed by atoms with Gasteiger partial charge in [-0.2, -0.15) is 5.10 Å². The van der Waals surface area contributed by atoms with Crippen LogP contribution in [-0.2, 0) is 18.2 Å². The minimum atomic E-state index is 0.0256. The molecule has 0 amide bonds. The highest BCUT2D eigenvalue weighted by Gasteiger charge is 2.24. The van der Waals surface area contributed by atoms with Crippen LogP contribution in [0.4, 0.5) is 0 Å². The van der Waals surface area contributed by atoms with Crippen LogP contribution in [0.15, 0.2) is 12.3 Å². The lowest BCUT2D eigenvalue weighted by Gasteiger charge is -2.33. The fourth-order valence-corrected chi connectivity index (χ4v) is 2.02. The molecule has 2 rings (SSSR count). The Morgan fingerprint density at radius 1 is 1.62 bits per heavy atom. The van der Waals surface area contributed by atoms with E-state index >= 15 is 0 Å². The Labute approximate surface area is 96.2 Å². The van der Waals surface area contributed by atoms with Crippen LogP contribution in [-0.4, -0.2) is 53.6 Å². The molecule has 1 saturated heterocycles. The molecule has 2 unspecified atom stereocenters. The number of hydrogen-bond acceptors (Lipinski definition) is 4. The van der Waals surface area contributed by atoms with Gasteiger partial charge in [0.2, 0.25) is 0 Å². The highest BCUT2D eigenvalue weighted by Crippen LogP contribution is 2.09. The van der Waals surface area contributed by atoms with Crippen molar-refractivity contribution in [1.29, 1.82) is 0 Å². The van der Waals surface area contributed by atoms with Crippen LogP contribution in [0.25, 0.3) is 0 Å². The molecule has 0 aliphatic carbocycles. The predicted molar refractivity (Wildman–Crippen MR) is 62.1 cm³/mol. The number of nitrogens with two attached hydrogens (primary N) is 1. The van der Waals surface area contributed by atoms with Crippen molar-refractivity contribution in [3.05, 3.63) is 18.0 Å². The minimum absolute atomic E-state index is 0.0256. The van der Waals surface area contributed by atoms with Crippen LogP contribution in [0, 0.1) is 0 Å². The second kappa shape index (κ2) is 4.95. The second-order valence-corrected chi connectivity index (χ2v) is 4.52. The average Bonchev–Trinajstić information content (AvgIpc) is 2.64. The third kappa shape index (κ3) is 2.81. The largest absolute Gasteiger partial charge is 0.374 e. The zero-order valence-corrected chi connectivity index (χ0v) is 9.97. The van der Waals surface area contributed by atoms with Gasteiger partial charge < -0.3 is 15.4 Å². The number of nitrogens with zero attached hydrogens (tertiary/aromatic N) is 3. The minimum Gasteiger partial charge on any atom is -0.374 e.